The molecule has 1 aromatic heterocycles. The summed E-state index contributed by atoms with van der Waals surface area (Å²) in [6, 6.07) is 5.92. The van der Waals surface area contributed by atoms with Crippen LogP contribution in [0.4, 0.5) is 4.39 Å². The molecule has 0 aliphatic rings. The van der Waals surface area contributed by atoms with Gasteiger partial charge in [0.1, 0.15) is 5.82 Å². The summed E-state index contributed by atoms with van der Waals surface area (Å²) in [4.78, 5) is 22.9. The van der Waals surface area contributed by atoms with E-state index in [-0.39, 0.29) is 29.5 Å². The van der Waals surface area contributed by atoms with Gasteiger partial charge in [0.05, 0.1) is 29.4 Å². The molecule has 0 radical (unpaired) electrons. The van der Waals surface area contributed by atoms with E-state index < -0.39 is 11.7 Å². The Hall–Kier alpha value is -1.75. The van der Waals surface area contributed by atoms with Crippen molar-refractivity contribution < 1.29 is 9.18 Å². The van der Waals surface area contributed by atoms with Gasteiger partial charge in [0, 0.05) is 25.5 Å². The Bertz CT molecular complexity index is 768. The monoisotopic (exact) mass is 505 g/mol. The first-order chi connectivity index (χ1) is 12.5. The molecule has 27 heavy (non-hydrogen) atoms. The quantitative estimate of drug-likeness (QED) is 0.263. The minimum atomic E-state index is -0.528. The molecule has 0 saturated heterocycles. The van der Waals surface area contributed by atoms with Gasteiger partial charge < -0.3 is 15.5 Å². The average Bonchev–Trinajstić information content (AvgIpc) is 3.02. The SMILES string of the molecule is CCNC(=NCCNC(=O)c1ccccc1F)N(C)Cc1csc(C)n1.I. The van der Waals surface area contributed by atoms with E-state index in [2.05, 4.69) is 20.6 Å². The molecule has 0 spiro atoms. The molecule has 6 nitrogen and oxygen atoms in total. The van der Waals surface area contributed by atoms with Crippen LogP contribution in [0.2, 0.25) is 0 Å². The number of carbonyl (C=O) groups is 1. The zero-order valence-corrected chi connectivity index (χ0v) is 18.8. The lowest BCUT2D eigenvalue weighted by atomic mass is 10.2. The Kier molecular flexibility index (Phi) is 10.2. The number of amides is 1. The highest BCUT2D eigenvalue weighted by atomic mass is 127. The van der Waals surface area contributed by atoms with Crippen molar-refractivity contribution in [3.63, 3.8) is 0 Å². The first-order valence-corrected chi connectivity index (χ1v) is 9.32. The standard InChI is InChI=1S/C18H24FN5OS.HI/c1-4-20-18(24(3)11-14-12-26-13(2)23-14)22-10-9-21-17(25)15-7-5-6-8-16(15)19;/h5-8,12H,4,9-11H2,1-3H3,(H,20,22)(H,21,25);1H. The van der Waals surface area contributed by atoms with E-state index in [1.165, 1.54) is 12.1 Å². The highest BCUT2D eigenvalue weighted by Gasteiger charge is 2.11. The molecule has 0 aliphatic heterocycles. The summed E-state index contributed by atoms with van der Waals surface area (Å²) < 4.78 is 13.6. The number of nitrogens with zero attached hydrogens (tertiary/aromatic N) is 3. The minimum Gasteiger partial charge on any atom is -0.357 e. The van der Waals surface area contributed by atoms with Crippen LogP contribution in [-0.2, 0) is 6.54 Å². The van der Waals surface area contributed by atoms with E-state index in [1.807, 2.05) is 31.2 Å². The van der Waals surface area contributed by atoms with Gasteiger partial charge in [-0.25, -0.2) is 9.37 Å². The molecule has 1 heterocycles. The van der Waals surface area contributed by atoms with Crippen LogP contribution in [0.25, 0.3) is 0 Å². The molecule has 2 N–H and O–H groups in total. The van der Waals surface area contributed by atoms with Crippen molar-refractivity contribution >= 4 is 47.2 Å². The Morgan fingerprint density at radius 2 is 2.07 bits per heavy atom. The van der Waals surface area contributed by atoms with Crippen molar-refractivity contribution in [1.82, 2.24) is 20.5 Å². The van der Waals surface area contributed by atoms with E-state index in [0.717, 1.165) is 23.2 Å². The van der Waals surface area contributed by atoms with Crippen molar-refractivity contribution in [3.05, 3.63) is 51.7 Å². The van der Waals surface area contributed by atoms with Crippen LogP contribution in [0.5, 0.6) is 0 Å². The molecular weight excluding hydrogens is 480 g/mol. The summed E-state index contributed by atoms with van der Waals surface area (Å²) >= 11 is 1.62. The molecule has 1 aromatic carbocycles. The molecule has 9 heteroatoms. The number of guanidine groups is 1. The molecule has 0 saturated carbocycles. The lowest BCUT2D eigenvalue weighted by Gasteiger charge is -2.21. The lowest BCUT2D eigenvalue weighted by Crippen LogP contribution is -2.39. The molecule has 0 atom stereocenters. The fraction of sp³-hybridized carbons (Fsp3) is 0.389. The van der Waals surface area contributed by atoms with Crippen LogP contribution in [-0.4, -0.2) is 48.4 Å². The van der Waals surface area contributed by atoms with E-state index >= 15 is 0 Å². The van der Waals surface area contributed by atoms with Gasteiger partial charge >= 0.3 is 0 Å². The lowest BCUT2D eigenvalue weighted by molar-refractivity contribution is 0.0951. The van der Waals surface area contributed by atoms with Crippen molar-refractivity contribution in [2.75, 3.05) is 26.7 Å². The highest BCUT2D eigenvalue weighted by molar-refractivity contribution is 14.0. The zero-order valence-electron chi connectivity index (χ0n) is 15.7. The van der Waals surface area contributed by atoms with Gasteiger partial charge in [-0.2, -0.15) is 0 Å². The van der Waals surface area contributed by atoms with Gasteiger partial charge in [-0.05, 0) is 26.0 Å². The number of hydrogen-bond acceptors (Lipinski definition) is 4. The van der Waals surface area contributed by atoms with Gasteiger partial charge in [-0.1, -0.05) is 12.1 Å². The second-order valence-electron chi connectivity index (χ2n) is 5.69. The first-order valence-electron chi connectivity index (χ1n) is 8.44. The van der Waals surface area contributed by atoms with Crippen LogP contribution in [0.1, 0.15) is 28.0 Å². The van der Waals surface area contributed by atoms with Crippen LogP contribution in [0, 0.1) is 12.7 Å². The molecule has 2 aromatic rings. The number of aryl methyl sites for hydroxylation is 1. The number of carbonyl (C=O) groups excluding carboxylic acids is 1. The second-order valence-corrected chi connectivity index (χ2v) is 6.75. The van der Waals surface area contributed by atoms with Gasteiger partial charge in [0.15, 0.2) is 5.96 Å². The summed E-state index contributed by atoms with van der Waals surface area (Å²) in [5.74, 6) is -0.229. The number of nitrogens with one attached hydrogen (secondary N) is 2. The maximum atomic E-state index is 13.6. The number of rotatable bonds is 7. The number of aliphatic imine (C=N–C) groups is 1. The number of hydrogen-bond donors (Lipinski definition) is 2. The van der Waals surface area contributed by atoms with Crippen LogP contribution in [0.3, 0.4) is 0 Å². The van der Waals surface area contributed by atoms with Gasteiger partial charge in [0.2, 0.25) is 0 Å². The van der Waals surface area contributed by atoms with Crippen molar-refractivity contribution in [2.24, 2.45) is 4.99 Å². The van der Waals surface area contributed by atoms with E-state index in [4.69, 9.17) is 0 Å². The molecular formula is C18H25FIN5OS. The molecule has 0 bridgehead atoms. The fourth-order valence-electron chi connectivity index (χ4n) is 2.34. The zero-order chi connectivity index (χ0) is 18.9. The predicted molar refractivity (Wildman–Crippen MR) is 118 cm³/mol. The van der Waals surface area contributed by atoms with Crippen molar-refractivity contribution in [1.29, 1.82) is 0 Å². The summed E-state index contributed by atoms with van der Waals surface area (Å²) in [6.07, 6.45) is 0. The Morgan fingerprint density at radius 3 is 2.70 bits per heavy atom. The summed E-state index contributed by atoms with van der Waals surface area (Å²) in [7, 11) is 1.94. The molecule has 0 aliphatic carbocycles. The van der Waals surface area contributed by atoms with Crippen molar-refractivity contribution in [2.45, 2.75) is 20.4 Å². The first kappa shape index (κ1) is 23.3. The normalized spacial score (nSPS) is 10.9. The third-order valence-electron chi connectivity index (χ3n) is 3.54. The van der Waals surface area contributed by atoms with Gasteiger partial charge in [0.25, 0.3) is 5.91 Å². The number of thiazole rings is 1. The maximum absolute atomic E-state index is 13.6. The largest absolute Gasteiger partial charge is 0.357 e. The Balaban J connectivity index is 0.00000364. The number of benzene rings is 1. The topological polar surface area (TPSA) is 69.6 Å². The number of aromatic nitrogens is 1. The minimum absolute atomic E-state index is 0. The smallest absolute Gasteiger partial charge is 0.254 e. The third kappa shape index (κ3) is 7.41. The van der Waals surface area contributed by atoms with Gasteiger partial charge in [-0.15, -0.1) is 35.3 Å². The average molecular weight is 505 g/mol. The van der Waals surface area contributed by atoms with E-state index in [9.17, 15) is 9.18 Å². The van der Waals surface area contributed by atoms with Gasteiger partial charge in [-0.3, -0.25) is 9.79 Å². The molecule has 2 rings (SSSR count). The summed E-state index contributed by atoms with van der Waals surface area (Å²) in [6.45, 7) is 6.08. The Labute approximate surface area is 180 Å². The number of halogens is 2. The van der Waals surface area contributed by atoms with E-state index in [1.54, 1.807) is 23.5 Å². The summed E-state index contributed by atoms with van der Waals surface area (Å²) in [5.41, 5.74) is 1.04. The van der Waals surface area contributed by atoms with E-state index in [0.29, 0.717) is 19.6 Å². The molecule has 1 amide bonds. The van der Waals surface area contributed by atoms with Crippen LogP contribution < -0.4 is 10.6 Å². The summed E-state index contributed by atoms with van der Waals surface area (Å²) in [5, 5.41) is 8.97. The molecule has 0 fully saturated rings. The fourth-order valence-corrected chi connectivity index (χ4v) is 2.94. The second kappa shape index (κ2) is 11.9. The third-order valence-corrected chi connectivity index (χ3v) is 4.36. The highest BCUT2D eigenvalue weighted by Crippen LogP contribution is 2.10. The van der Waals surface area contributed by atoms with Crippen molar-refractivity contribution in [3.8, 4) is 0 Å². The van der Waals surface area contributed by atoms with Crippen LogP contribution >= 0.6 is 35.3 Å². The Morgan fingerprint density at radius 1 is 1.33 bits per heavy atom. The molecule has 0 unspecified atom stereocenters. The maximum Gasteiger partial charge on any atom is 0.254 e. The van der Waals surface area contributed by atoms with Crippen LogP contribution in [0.15, 0.2) is 34.6 Å². The molecule has 148 valence electrons. The predicted octanol–water partition coefficient (Wildman–Crippen LogP) is 3.04.